The molecule has 0 aromatic rings. The first-order valence-electron chi connectivity index (χ1n) is 6.30. The molecule has 0 radical (unpaired) electrons. The quantitative estimate of drug-likeness (QED) is 0.692. The molecule has 0 spiro atoms. The van der Waals surface area contributed by atoms with Gasteiger partial charge in [-0.3, -0.25) is 4.79 Å². The summed E-state index contributed by atoms with van der Waals surface area (Å²) in [7, 11) is 2.13. The van der Waals surface area contributed by atoms with E-state index in [0.29, 0.717) is 12.3 Å². The molecule has 1 amide bonds. The summed E-state index contributed by atoms with van der Waals surface area (Å²) in [6.45, 7) is 8.14. The maximum absolute atomic E-state index is 11.6. The van der Waals surface area contributed by atoms with Gasteiger partial charge in [-0.1, -0.05) is 6.92 Å². The van der Waals surface area contributed by atoms with Crippen molar-refractivity contribution in [1.82, 2.24) is 15.5 Å². The van der Waals surface area contributed by atoms with Crippen LogP contribution in [0.15, 0.2) is 0 Å². The molecule has 2 unspecified atom stereocenters. The van der Waals surface area contributed by atoms with Gasteiger partial charge >= 0.3 is 0 Å². The van der Waals surface area contributed by atoms with Crippen LogP contribution in [0.3, 0.4) is 0 Å². The first kappa shape index (κ1) is 13.5. The summed E-state index contributed by atoms with van der Waals surface area (Å²) in [6.07, 6.45) is 1.79. The Morgan fingerprint density at radius 3 is 2.88 bits per heavy atom. The van der Waals surface area contributed by atoms with Crippen LogP contribution in [0.25, 0.3) is 0 Å². The second kappa shape index (κ2) is 6.86. The molecule has 1 heterocycles. The average molecular weight is 227 g/mol. The number of nitrogens with zero attached hydrogens (tertiary/aromatic N) is 1. The Morgan fingerprint density at radius 1 is 1.56 bits per heavy atom. The molecule has 0 saturated carbocycles. The fourth-order valence-corrected chi connectivity index (χ4v) is 2.22. The van der Waals surface area contributed by atoms with Gasteiger partial charge in [0, 0.05) is 25.6 Å². The summed E-state index contributed by atoms with van der Waals surface area (Å²) in [5.41, 5.74) is 0. The summed E-state index contributed by atoms with van der Waals surface area (Å²) in [5.74, 6) is 0.811. The van der Waals surface area contributed by atoms with E-state index in [1.54, 1.807) is 0 Å². The number of nitrogens with one attached hydrogen (secondary N) is 2. The largest absolute Gasteiger partial charge is 0.356 e. The van der Waals surface area contributed by atoms with Gasteiger partial charge in [-0.05, 0) is 39.4 Å². The number of hydrogen-bond acceptors (Lipinski definition) is 3. The van der Waals surface area contributed by atoms with Gasteiger partial charge in [-0.25, -0.2) is 0 Å². The number of likely N-dealkylation sites (tertiary alicyclic amines) is 1. The van der Waals surface area contributed by atoms with E-state index < -0.39 is 0 Å². The van der Waals surface area contributed by atoms with E-state index in [-0.39, 0.29) is 11.9 Å². The lowest BCUT2D eigenvalue weighted by atomic mass is 10.1. The van der Waals surface area contributed by atoms with Crippen LogP contribution in [0.2, 0.25) is 0 Å². The SMILES string of the molecule is CCNC(C)CC(=O)NCC1CCN(C)C1. The highest BCUT2D eigenvalue weighted by Crippen LogP contribution is 2.12. The molecule has 4 nitrogen and oxygen atoms in total. The van der Waals surface area contributed by atoms with Crippen LogP contribution in [0, 0.1) is 5.92 Å². The Hall–Kier alpha value is -0.610. The highest BCUT2D eigenvalue weighted by Gasteiger charge is 2.19. The Bertz CT molecular complexity index is 220. The smallest absolute Gasteiger partial charge is 0.221 e. The van der Waals surface area contributed by atoms with Crippen LogP contribution in [0.5, 0.6) is 0 Å². The standard InChI is InChI=1S/C12H25N3O/c1-4-13-10(2)7-12(16)14-8-11-5-6-15(3)9-11/h10-11,13H,4-9H2,1-3H3,(H,14,16). The summed E-state index contributed by atoms with van der Waals surface area (Å²) in [5, 5.41) is 6.27. The minimum absolute atomic E-state index is 0.169. The van der Waals surface area contributed by atoms with Gasteiger partial charge in [0.2, 0.25) is 5.91 Å². The highest BCUT2D eigenvalue weighted by atomic mass is 16.1. The van der Waals surface area contributed by atoms with E-state index in [4.69, 9.17) is 0 Å². The van der Waals surface area contributed by atoms with Gasteiger partial charge in [0.1, 0.15) is 0 Å². The number of carbonyl (C=O) groups is 1. The second-order valence-electron chi connectivity index (χ2n) is 4.88. The lowest BCUT2D eigenvalue weighted by Crippen LogP contribution is -2.36. The molecular formula is C12H25N3O. The molecular weight excluding hydrogens is 202 g/mol. The normalized spacial score (nSPS) is 23.3. The molecule has 1 saturated heterocycles. The summed E-state index contributed by atoms with van der Waals surface area (Å²) in [4.78, 5) is 13.9. The monoisotopic (exact) mass is 227 g/mol. The van der Waals surface area contributed by atoms with Crippen molar-refractivity contribution >= 4 is 5.91 Å². The molecule has 0 bridgehead atoms. The van der Waals surface area contributed by atoms with Crippen molar-refractivity contribution in [3.05, 3.63) is 0 Å². The number of hydrogen-bond donors (Lipinski definition) is 2. The van der Waals surface area contributed by atoms with E-state index in [9.17, 15) is 4.79 Å². The first-order chi connectivity index (χ1) is 7.61. The van der Waals surface area contributed by atoms with Crippen LogP contribution < -0.4 is 10.6 Å². The van der Waals surface area contributed by atoms with E-state index in [1.165, 1.54) is 6.42 Å². The van der Waals surface area contributed by atoms with Gasteiger partial charge in [0.05, 0.1) is 0 Å². The van der Waals surface area contributed by atoms with Crippen LogP contribution in [-0.2, 0) is 4.79 Å². The molecule has 2 N–H and O–H groups in total. The van der Waals surface area contributed by atoms with Crippen molar-refractivity contribution in [2.24, 2.45) is 5.92 Å². The Morgan fingerprint density at radius 2 is 2.31 bits per heavy atom. The van der Waals surface area contributed by atoms with Gasteiger partial charge in [-0.15, -0.1) is 0 Å². The van der Waals surface area contributed by atoms with E-state index in [0.717, 1.165) is 26.2 Å². The van der Waals surface area contributed by atoms with E-state index in [1.807, 2.05) is 6.92 Å². The molecule has 1 aliphatic rings. The van der Waals surface area contributed by atoms with Crippen molar-refractivity contribution < 1.29 is 4.79 Å². The maximum atomic E-state index is 11.6. The number of amides is 1. The van der Waals surface area contributed by atoms with Gasteiger partial charge < -0.3 is 15.5 Å². The molecule has 2 atom stereocenters. The van der Waals surface area contributed by atoms with Crippen molar-refractivity contribution in [2.75, 3.05) is 33.2 Å². The second-order valence-corrected chi connectivity index (χ2v) is 4.88. The molecule has 0 aromatic heterocycles. The Kier molecular flexibility index (Phi) is 5.77. The van der Waals surface area contributed by atoms with Gasteiger partial charge in [0.25, 0.3) is 0 Å². The molecule has 1 aliphatic heterocycles. The third-order valence-corrected chi connectivity index (χ3v) is 3.12. The van der Waals surface area contributed by atoms with Crippen LogP contribution in [-0.4, -0.2) is 50.1 Å². The molecule has 16 heavy (non-hydrogen) atoms. The van der Waals surface area contributed by atoms with Crippen molar-refractivity contribution in [3.8, 4) is 0 Å². The molecule has 0 aliphatic carbocycles. The molecule has 0 aromatic carbocycles. The van der Waals surface area contributed by atoms with Crippen molar-refractivity contribution in [1.29, 1.82) is 0 Å². The average Bonchev–Trinajstić information content (AvgIpc) is 2.61. The minimum atomic E-state index is 0.169. The number of carbonyl (C=O) groups excluding carboxylic acids is 1. The van der Waals surface area contributed by atoms with E-state index >= 15 is 0 Å². The van der Waals surface area contributed by atoms with Crippen molar-refractivity contribution in [2.45, 2.75) is 32.7 Å². The predicted molar refractivity (Wildman–Crippen MR) is 66.4 cm³/mol. The maximum Gasteiger partial charge on any atom is 0.221 e. The fourth-order valence-electron chi connectivity index (χ4n) is 2.22. The third-order valence-electron chi connectivity index (χ3n) is 3.12. The zero-order chi connectivity index (χ0) is 12.0. The third kappa shape index (κ3) is 4.94. The number of rotatable bonds is 6. The van der Waals surface area contributed by atoms with Crippen molar-refractivity contribution in [3.63, 3.8) is 0 Å². The minimum Gasteiger partial charge on any atom is -0.356 e. The summed E-state index contributed by atoms with van der Waals surface area (Å²) < 4.78 is 0. The van der Waals surface area contributed by atoms with Crippen LogP contribution in [0.1, 0.15) is 26.7 Å². The molecule has 1 fully saturated rings. The van der Waals surface area contributed by atoms with Crippen LogP contribution in [0.4, 0.5) is 0 Å². The Labute approximate surface area is 98.8 Å². The summed E-state index contributed by atoms with van der Waals surface area (Å²) >= 11 is 0. The Balaban J connectivity index is 2.10. The molecule has 94 valence electrons. The zero-order valence-electron chi connectivity index (χ0n) is 10.8. The fraction of sp³-hybridized carbons (Fsp3) is 0.917. The topological polar surface area (TPSA) is 44.4 Å². The lowest BCUT2D eigenvalue weighted by Gasteiger charge is -2.14. The zero-order valence-corrected chi connectivity index (χ0v) is 10.8. The lowest BCUT2D eigenvalue weighted by molar-refractivity contribution is -0.121. The molecule has 1 rings (SSSR count). The highest BCUT2D eigenvalue weighted by molar-refractivity contribution is 5.76. The first-order valence-corrected chi connectivity index (χ1v) is 6.30. The van der Waals surface area contributed by atoms with Gasteiger partial charge in [0.15, 0.2) is 0 Å². The molecule has 4 heteroatoms. The van der Waals surface area contributed by atoms with Crippen LogP contribution >= 0.6 is 0 Å². The van der Waals surface area contributed by atoms with E-state index in [2.05, 4.69) is 29.5 Å². The predicted octanol–water partition coefficient (Wildman–Crippen LogP) is 0.442. The summed E-state index contributed by atoms with van der Waals surface area (Å²) in [6, 6.07) is 0.274. The van der Waals surface area contributed by atoms with Gasteiger partial charge in [-0.2, -0.15) is 0 Å².